The van der Waals surface area contributed by atoms with Gasteiger partial charge in [-0.25, -0.2) is 0 Å². The van der Waals surface area contributed by atoms with Gasteiger partial charge < -0.3 is 0 Å². The van der Waals surface area contributed by atoms with Gasteiger partial charge in [0.2, 0.25) is 0 Å². The van der Waals surface area contributed by atoms with Crippen LogP contribution in [-0.4, -0.2) is 35.0 Å². The summed E-state index contributed by atoms with van der Waals surface area (Å²) in [6.45, 7) is 14.8. The summed E-state index contributed by atoms with van der Waals surface area (Å²) in [5.41, 5.74) is 1.57. The average Bonchev–Trinajstić information content (AvgIpc) is 1.14. The maximum absolute atomic E-state index is 2.46. The molecule has 0 bridgehead atoms. The van der Waals surface area contributed by atoms with Crippen LogP contribution in [0.15, 0.2) is 0 Å². The van der Waals surface area contributed by atoms with Gasteiger partial charge in [-0.05, 0) is 0 Å². The Morgan fingerprint density at radius 2 is 0.900 bits per heavy atom. The van der Waals surface area contributed by atoms with E-state index in [1.807, 2.05) is 0 Å². The van der Waals surface area contributed by atoms with Crippen molar-refractivity contribution in [3.05, 3.63) is 0 Å². The van der Waals surface area contributed by atoms with Crippen LogP contribution in [-0.2, 0) is 0 Å². The van der Waals surface area contributed by atoms with Gasteiger partial charge in [-0.2, -0.15) is 0 Å². The molecule has 3 heteroatoms. The topological polar surface area (TPSA) is 0 Å². The molecule has 0 spiro atoms. The Kier molecular flexibility index (Phi) is 5.66. The second-order valence-corrected chi connectivity index (χ2v) is 17.0. The molecule has 0 aromatic rings. The summed E-state index contributed by atoms with van der Waals surface area (Å²) in [4.78, 5) is 0. The Morgan fingerprint density at radius 1 is 0.700 bits per heavy atom. The monoisotopic (exact) mass is 168 g/mol. The first-order valence-corrected chi connectivity index (χ1v) is 11.1. The second kappa shape index (κ2) is 4.16. The number of rotatable bonds is 2. The molecule has 0 amide bonds. The second-order valence-electron chi connectivity index (χ2n) is 5.30. The molecule has 0 heterocycles. The standard InChI is InChI=1S/C7H20Si2.Li.H/c1-8(2,3)7-9(4,5)6;;/h7H2,1-6H3;;. The van der Waals surface area contributed by atoms with Crippen molar-refractivity contribution in [2.24, 2.45) is 0 Å². The molecular formula is C7H21LiSi2. The summed E-state index contributed by atoms with van der Waals surface area (Å²) in [5.74, 6) is 0. The van der Waals surface area contributed by atoms with E-state index in [-0.39, 0.29) is 18.9 Å². The summed E-state index contributed by atoms with van der Waals surface area (Å²) < 4.78 is 0. The van der Waals surface area contributed by atoms with E-state index in [1.165, 1.54) is 0 Å². The van der Waals surface area contributed by atoms with Gasteiger partial charge in [0.05, 0.1) is 0 Å². The zero-order chi connectivity index (χ0) is 7.71. The van der Waals surface area contributed by atoms with E-state index >= 15 is 0 Å². The Bertz CT molecular complexity index is 76.8. The maximum atomic E-state index is 2.46. The summed E-state index contributed by atoms with van der Waals surface area (Å²) in [6, 6.07) is 0. The molecule has 0 radical (unpaired) electrons. The summed E-state index contributed by atoms with van der Waals surface area (Å²) in [5, 5.41) is 0. The third-order valence-electron chi connectivity index (χ3n) is 1.06. The van der Waals surface area contributed by atoms with Crippen LogP contribution >= 0.6 is 0 Å². The molecule has 0 N–H and O–H groups in total. The molecule has 0 rings (SSSR count). The Morgan fingerprint density at radius 3 is 0.900 bits per heavy atom. The van der Waals surface area contributed by atoms with E-state index in [0.29, 0.717) is 0 Å². The summed E-state index contributed by atoms with van der Waals surface area (Å²) in [7, 11) is -1.46. The first-order chi connectivity index (χ1) is 3.71. The van der Waals surface area contributed by atoms with E-state index in [4.69, 9.17) is 0 Å². The van der Waals surface area contributed by atoms with E-state index in [9.17, 15) is 0 Å². The summed E-state index contributed by atoms with van der Waals surface area (Å²) >= 11 is 0. The number of hydrogen-bond acceptors (Lipinski definition) is 0. The van der Waals surface area contributed by atoms with Crippen molar-refractivity contribution in [2.75, 3.05) is 0 Å². The van der Waals surface area contributed by atoms with E-state index in [2.05, 4.69) is 39.3 Å². The molecule has 0 aliphatic heterocycles. The van der Waals surface area contributed by atoms with Crippen LogP contribution in [0, 0.1) is 0 Å². The fourth-order valence-electron chi connectivity index (χ4n) is 1.59. The zero-order valence-electron chi connectivity index (χ0n) is 7.71. The molecule has 0 aromatic carbocycles. The third kappa shape index (κ3) is 11.8. The first-order valence-electron chi connectivity index (χ1n) is 3.71. The molecule has 0 aliphatic rings. The van der Waals surface area contributed by atoms with Crippen molar-refractivity contribution >= 4 is 35.0 Å². The van der Waals surface area contributed by atoms with Gasteiger partial charge in [0.1, 0.15) is 0 Å². The molecule has 0 nitrogen and oxygen atoms in total. The Labute approximate surface area is 80.0 Å². The normalized spacial score (nSPS) is 12.6. The molecule has 58 valence electrons. The van der Waals surface area contributed by atoms with Crippen LogP contribution in [0.3, 0.4) is 0 Å². The van der Waals surface area contributed by atoms with Crippen LogP contribution in [0.25, 0.3) is 0 Å². The SMILES string of the molecule is C[Si](C)(C)C[Si](C)(C)C.[LiH]. The van der Waals surface area contributed by atoms with Gasteiger partial charge in [-0.15, -0.1) is 0 Å². The van der Waals surface area contributed by atoms with Crippen LogP contribution in [0.5, 0.6) is 0 Å². The van der Waals surface area contributed by atoms with Crippen LogP contribution in [0.2, 0.25) is 44.9 Å². The fourth-order valence-corrected chi connectivity index (χ4v) is 14.3. The van der Waals surface area contributed by atoms with Crippen molar-refractivity contribution in [1.82, 2.24) is 0 Å². The van der Waals surface area contributed by atoms with Gasteiger partial charge in [-0.3, -0.25) is 0 Å². The minimum atomic E-state index is -0.731. The third-order valence-corrected chi connectivity index (χ3v) is 9.55. The van der Waals surface area contributed by atoms with E-state index in [0.717, 1.165) is 0 Å². The predicted molar refractivity (Wildman–Crippen MR) is 58.6 cm³/mol. The van der Waals surface area contributed by atoms with Crippen LogP contribution in [0.1, 0.15) is 0 Å². The van der Waals surface area contributed by atoms with Gasteiger partial charge in [0.25, 0.3) is 0 Å². The van der Waals surface area contributed by atoms with E-state index in [1.54, 1.807) is 5.67 Å². The molecule has 0 aromatic heterocycles. The van der Waals surface area contributed by atoms with Gasteiger partial charge in [-0.1, -0.05) is 44.9 Å². The fraction of sp³-hybridized carbons (Fsp3) is 1.00. The Balaban J connectivity index is 0. The molecule has 0 aliphatic carbocycles. The van der Waals surface area contributed by atoms with Crippen LogP contribution < -0.4 is 0 Å². The van der Waals surface area contributed by atoms with Gasteiger partial charge >= 0.3 is 18.9 Å². The quantitative estimate of drug-likeness (QED) is 0.556. The first kappa shape index (κ1) is 13.6. The molecule has 0 saturated heterocycles. The molecule has 10 heavy (non-hydrogen) atoms. The molecule has 0 fully saturated rings. The molecular weight excluding hydrogens is 147 g/mol. The van der Waals surface area contributed by atoms with Crippen molar-refractivity contribution in [3.8, 4) is 0 Å². The van der Waals surface area contributed by atoms with Crippen LogP contribution in [0.4, 0.5) is 0 Å². The Hall–Kier alpha value is 1.03. The molecule has 0 atom stereocenters. The van der Waals surface area contributed by atoms with Gasteiger partial charge in [0.15, 0.2) is 0 Å². The van der Waals surface area contributed by atoms with Crippen molar-refractivity contribution < 1.29 is 0 Å². The molecule has 0 saturated carbocycles. The predicted octanol–water partition coefficient (Wildman–Crippen LogP) is 2.55. The van der Waals surface area contributed by atoms with E-state index < -0.39 is 16.1 Å². The zero-order valence-corrected chi connectivity index (χ0v) is 9.71. The van der Waals surface area contributed by atoms with Crippen molar-refractivity contribution in [1.29, 1.82) is 0 Å². The minimum absolute atomic E-state index is 0. The average molecular weight is 168 g/mol. The van der Waals surface area contributed by atoms with Gasteiger partial charge in [0, 0.05) is 16.1 Å². The number of hydrogen-bond donors (Lipinski definition) is 0. The molecule has 0 unspecified atom stereocenters. The van der Waals surface area contributed by atoms with Crippen molar-refractivity contribution in [2.45, 2.75) is 44.9 Å². The van der Waals surface area contributed by atoms with Crippen molar-refractivity contribution in [3.63, 3.8) is 0 Å². The summed E-state index contributed by atoms with van der Waals surface area (Å²) in [6.07, 6.45) is 0.